The minimum atomic E-state index is 0.408. The number of aryl methyl sites for hydroxylation is 1. The Morgan fingerprint density at radius 3 is 3.12 bits per heavy atom. The predicted octanol–water partition coefficient (Wildman–Crippen LogP) is 1.78. The van der Waals surface area contributed by atoms with E-state index in [2.05, 4.69) is 21.9 Å². The van der Waals surface area contributed by atoms with E-state index < -0.39 is 0 Å². The van der Waals surface area contributed by atoms with Crippen LogP contribution in [0.25, 0.3) is 11.0 Å². The van der Waals surface area contributed by atoms with Crippen LogP contribution in [0.5, 0.6) is 0 Å². The van der Waals surface area contributed by atoms with Gasteiger partial charge in [0, 0.05) is 13.2 Å². The number of piperidine rings is 1. The van der Waals surface area contributed by atoms with Crippen LogP contribution in [0.4, 0.5) is 0 Å². The zero-order chi connectivity index (χ0) is 11.0. The van der Waals surface area contributed by atoms with Crippen LogP contribution in [0.3, 0.4) is 0 Å². The first kappa shape index (κ1) is 9.78. The van der Waals surface area contributed by atoms with Crippen LogP contribution in [0.2, 0.25) is 0 Å². The number of hydrogen-bond donors (Lipinski definition) is 1. The van der Waals surface area contributed by atoms with Crippen LogP contribution in [0.15, 0.2) is 18.5 Å². The van der Waals surface area contributed by atoms with Gasteiger partial charge in [-0.05, 0) is 25.5 Å². The monoisotopic (exact) mass is 216 g/mol. The fourth-order valence-electron chi connectivity index (χ4n) is 2.44. The van der Waals surface area contributed by atoms with Crippen molar-refractivity contribution in [2.75, 3.05) is 6.54 Å². The Kier molecular flexibility index (Phi) is 2.36. The van der Waals surface area contributed by atoms with E-state index in [-0.39, 0.29) is 0 Å². The Morgan fingerprint density at radius 1 is 1.44 bits per heavy atom. The molecule has 0 bridgehead atoms. The maximum Gasteiger partial charge on any atom is 0.126 e. The molecule has 84 valence electrons. The molecule has 1 saturated heterocycles. The topological polar surface area (TPSA) is 42.7 Å². The molecule has 1 unspecified atom stereocenters. The molecule has 1 aliphatic rings. The molecule has 1 atom stereocenters. The van der Waals surface area contributed by atoms with Crippen molar-refractivity contribution in [1.82, 2.24) is 19.9 Å². The van der Waals surface area contributed by atoms with Gasteiger partial charge in [-0.1, -0.05) is 6.42 Å². The van der Waals surface area contributed by atoms with Gasteiger partial charge in [0.1, 0.15) is 5.82 Å². The van der Waals surface area contributed by atoms with Crippen LogP contribution < -0.4 is 5.32 Å². The Morgan fingerprint density at radius 2 is 2.38 bits per heavy atom. The molecule has 1 aliphatic heterocycles. The molecule has 1 N–H and O–H groups in total. The highest BCUT2D eigenvalue weighted by atomic mass is 15.1. The van der Waals surface area contributed by atoms with Crippen LogP contribution in [0.1, 0.15) is 31.1 Å². The van der Waals surface area contributed by atoms with Gasteiger partial charge in [0.25, 0.3) is 0 Å². The third-order valence-electron chi connectivity index (χ3n) is 3.34. The summed E-state index contributed by atoms with van der Waals surface area (Å²) in [6, 6.07) is 2.38. The molecule has 1 fully saturated rings. The van der Waals surface area contributed by atoms with E-state index in [1.54, 1.807) is 6.20 Å². The normalized spacial score (nSPS) is 21.4. The molecule has 4 heteroatoms. The van der Waals surface area contributed by atoms with E-state index >= 15 is 0 Å². The summed E-state index contributed by atoms with van der Waals surface area (Å²) in [6.45, 7) is 1.10. The molecular formula is C12H16N4. The van der Waals surface area contributed by atoms with E-state index in [1.165, 1.54) is 19.3 Å². The van der Waals surface area contributed by atoms with E-state index in [1.807, 2.05) is 12.3 Å². The second kappa shape index (κ2) is 3.87. The van der Waals surface area contributed by atoms with Gasteiger partial charge in [-0.3, -0.25) is 4.98 Å². The summed E-state index contributed by atoms with van der Waals surface area (Å²) < 4.78 is 2.16. The van der Waals surface area contributed by atoms with Gasteiger partial charge in [-0.25, -0.2) is 4.98 Å². The molecule has 0 saturated carbocycles. The zero-order valence-corrected chi connectivity index (χ0v) is 9.48. The highest BCUT2D eigenvalue weighted by Crippen LogP contribution is 2.24. The van der Waals surface area contributed by atoms with Gasteiger partial charge in [-0.15, -0.1) is 0 Å². The van der Waals surface area contributed by atoms with Crippen molar-refractivity contribution in [3.8, 4) is 0 Å². The molecule has 16 heavy (non-hydrogen) atoms. The fourth-order valence-corrected chi connectivity index (χ4v) is 2.44. The largest absolute Gasteiger partial charge is 0.329 e. The number of nitrogens with zero attached hydrogens (tertiary/aromatic N) is 3. The molecule has 2 aromatic rings. The van der Waals surface area contributed by atoms with E-state index in [4.69, 9.17) is 4.98 Å². The smallest absolute Gasteiger partial charge is 0.126 e. The predicted molar refractivity (Wildman–Crippen MR) is 63.1 cm³/mol. The fraction of sp³-hybridized carbons (Fsp3) is 0.500. The summed E-state index contributed by atoms with van der Waals surface area (Å²) in [6.07, 6.45) is 7.44. The van der Waals surface area contributed by atoms with Gasteiger partial charge < -0.3 is 9.88 Å². The quantitative estimate of drug-likeness (QED) is 0.790. The number of fused-ring (bicyclic) bond motifs is 1. The minimum Gasteiger partial charge on any atom is -0.329 e. The van der Waals surface area contributed by atoms with E-state index in [0.29, 0.717) is 6.04 Å². The summed E-state index contributed by atoms with van der Waals surface area (Å²) in [5.41, 5.74) is 2.16. The maximum absolute atomic E-state index is 4.70. The van der Waals surface area contributed by atoms with Crippen molar-refractivity contribution in [2.45, 2.75) is 25.3 Å². The van der Waals surface area contributed by atoms with Crippen molar-refractivity contribution >= 4 is 11.0 Å². The Hall–Kier alpha value is -1.42. The third kappa shape index (κ3) is 1.50. The van der Waals surface area contributed by atoms with Gasteiger partial charge >= 0.3 is 0 Å². The van der Waals surface area contributed by atoms with Crippen LogP contribution in [-0.4, -0.2) is 21.1 Å². The van der Waals surface area contributed by atoms with Gasteiger partial charge in [0.05, 0.1) is 23.3 Å². The molecule has 0 amide bonds. The van der Waals surface area contributed by atoms with Gasteiger partial charge in [-0.2, -0.15) is 0 Å². The van der Waals surface area contributed by atoms with Crippen molar-refractivity contribution < 1.29 is 0 Å². The molecule has 0 aromatic carbocycles. The molecule has 3 rings (SSSR count). The lowest BCUT2D eigenvalue weighted by atomic mass is 10.0. The number of imidazole rings is 1. The van der Waals surface area contributed by atoms with Crippen LogP contribution >= 0.6 is 0 Å². The number of pyridine rings is 1. The van der Waals surface area contributed by atoms with E-state index in [9.17, 15) is 0 Å². The van der Waals surface area contributed by atoms with Crippen LogP contribution in [0, 0.1) is 0 Å². The maximum atomic E-state index is 4.70. The second-order valence-corrected chi connectivity index (χ2v) is 4.40. The highest BCUT2D eigenvalue weighted by molar-refractivity contribution is 5.74. The van der Waals surface area contributed by atoms with Gasteiger partial charge in [0.2, 0.25) is 0 Å². The molecule has 2 aromatic heterocycles. The second-order valence-electron chi connectivity index (χ2n) is 4.40. The lowest BCUT2D eigenvalue weighted by molar-refractivity contribution is 0.392. The lowest BCUT2D eigenvalue weighted by Crippen LogP contribution is -2.28. The summed E-state index contributed by atoms with van der Waals surface area (Å²) in [5.74, 6) is 1.14. The first-order chi connectivity index (χ1) is 7.86. The third-order valence-corrected chi connectivity index (χ3v) is 3.34. The molecule has 0 radical (unpaired) electrons. The Labute approximate surface area is 94.7 Å². The first-order valence-corrected chi connectivity index (χ1v) is 5.86. The standard InChI is InChI=1S/C12H16N4/c1-16-11-8-13-7-5-9(11)15-12(16)10-4-2-3-6-14-10/h5,7-8,10,14H,2-4,6H2,1H3. The Bertz CT molecular complexity index is 497. The molecule has 0 aliphatic carbocycles. The first-order valence-electron chi connectivity index (χ1n) is 5.86. The van der Waals surface area contributed by atoms with Crippen LogP contribution in [-0.2, 0) is 7.05 Å². The minimum absolute atomic E-state index is 0.408. The summed E-state index contributed by atoms with van der Waals surface area (Å²) in [7, 11) is 2.07. The number of rotatable bonds is 1. The average Bonchev–Trinajstić information content (AvgIpc) is 2.69. The zero-order valence-electron chi connectivity index (χ0n) is 9.48. The Balaban J connectivity index is 2.05. The summed E-state index contributed by atoms with van der Waals surface area (Å²) in [5, 5.41) is 3.53. The molecule has 3 heterocycles. The van der Waals surface area contributed by atoms with Gasteiger partial charge in [0.15, 0.2) is 0 Å². The summed E-state index contributed by atoms with van der Waals surface area (Å²) in [4.78, 5) is 8.85. The number of nitrogens with one attached hydrogen (secondary N) is 1. The van der Waals surface area contributed by atoms with Crippen molar-refractivity contribution in [3.63, 3.8) is 0 Å². The van der Waals surface area contributed by atoms with Crippen molar-refractivity contribution in [2.24, 2.45) is 7.05 Å². The van der Waals surface area contributed by atoms with Crippen molar-refractivity contribution in [1.29, 1.82) is 0 Å². The number of hydrogen-bond acceptors (Lipinski definition) is 3. The average molecular weight is 216 g/mol. The molecule has 4 nitrogen and oxygen atoms in total. The number of aromatic nitrogens is 3. The lowest BCUT2D eigenvalue weighted by Gasteiger charge is -2.22. The summed E-state index contributed by atoms with van der Waals surface area (Å²) >= 11 is 0. The van der Waals surface area contributed by atoms with E-state index in [0.717, 1.165) is 23.4 Å². The van der Waals surface area contributed by atoms with Crippen molar-refractivity contribution in [3.05, 3.63) is 24.3 Å². The highest BCUT2D eigenvalue weighted by Gasteiger charge is 2.20. The molecule has 0 spiro atoms. The molecular weight excluding hydrogens is 200 g/mol. The SMILES string of the molecule is Cn1c(C2CCCCN2)nc2ccncc21.